The van der Waals surface area contributed by atoms with Crippen molar-refractivity contribution in [1.82, 2.24) is 0 Å². The van der Waals surface area contributed by atoms with Gasteiger partial charge >= 0.3 is 0 Å². The summed E-state index contributed by atoms with van der Waals surface area (Å²) in [5.74, 6) is 0.452. The van der Waals surface area contributed by atoms with Crippen LogP contribution in [0.25, 0.3) is 0 Å². The highest BCUT2D eigenvalue weighted by Gasteiger charge is 2.44. The van der Waals surface area contributed by atoms with E-state index < -0.39 is 5.60 Å². The van der Waals surface area contributed by atoms with Crippen molar-refractivity contribution in [3.8, 4) is 0 Å². The van der Waals surface area contributed by atoms with Gasteiger partial charge in [0.1, 0.15) is 0 Å². The zero-order chi connectivity index (χ0) is 14.0. The van der Waals surface area contributed by atoms with E-state index in [-0.39, 0.29) is 5.41 Å². The topological polar surface area (TPSA) is 20.2 Å². The van der Waals surface area contributed by atoms with Crippen LogP contribution in [0.5, 0.6) is 0 Å². The van der Waals surface area contributed by atoms with Crippen LogP contribution in [0.1, 0.15) is 67.2 Å². The summed E-state index contributed by atoms with van der Waals surface area (Å²) in [6.07, 6.45) is 9.28. The molecule has 0 unspecified atom stereocenters. The standard InChI is InChI=1S/C17H30O/c1-13(2)8-7-9-15-10-11-17(6,14(3)12-15)16(4,5)18/h8,12,14,18H,7,9-11H2,1-6H3/t14-,17+/m1/s1. The molecule has 0 amide bonds. The van der Waals surface area contributed by atoms with Gasteiger partial charge in [-0.1, -0.05) is 37.1 Å². The molecule has 0 saturated heterocycles. The molecule has 2 atom stereocenters. The van der Waals surface area contributed by atoms with E-state index in [2.05, 4.69) is 39.8 Å². The molecular weight excluding hydrogens is 220 g/mol. The van der Waals surface area contributed by atoms with Crippen LogP contribution >= 0.6 is 0 Å². The fraction of sp³-hybridized carbons (Fsp3) is 0.765. The molecule has 0 radical (unpaired) electrons. The van der Waals surface area contributed by atoms with Gasteiger partial charge < -0.3 is 5.11 Å². The Balaban J connectivity index is 2.69. The van der Waals surface area contributed by atoms with Crippen molar-refractivity contribution in [3.63, 3.8) is 0 Å². The minimum atomic E-state index is -0.603. The number of aliphatic hydroxyl groups is 1. The van der Waals surface area contributed by atoms with Crippen LogP contribution in [0.4, 0.5) is 0 Å². The maximum Gasteiger partial charge on any atom is 0.0650 e. The molecule has 0 heterocycles. The molecule has 1 aliphatic carbocycles. The Bertz CT molecular complexity index is 339. The molecule has 1 N–H and O–H groups in total. The summed E-state index contributed by atoms with van der Waals surface area (Å²) in [4.78, 5) is 0. The highest BCUT2D eigenvalue weighted by Crippen LogP contribution is 2.47. The summed E-state index contributed by atoms with van der Waals surface area (Å²) >= 11 is 0. The fourth-order valence-electron chi connectivity index (χ4n) is 2.89. The third-order valence-electron chi connectivity index (χ3n) is 4.87. The first-order chi connectivity index (χ1) is 8.17. The zero-order valence-corrected chi connectivity index (χ0v) is 13.0. The van der Waals surface area contributed by atoms with Gasteiger partial charge in [-0.2, -0.15) is 0 Å². The molecular formula is C17H30O. The summed E-state index contributed by atoms with van der Waals surface area (Å²) in [5.41, 5.74) is 2.38. The Morgan fingerprint density at radius 2 is 2.11 bits per heavy atom. The maximum absolute atomic E-state index is 10.4. The molecule has 0 saturated carbocycles. The van der Waals surface area contributed by atoms with Crippen LogP contribution < -0.4 is 0 Å². The molecule has 0 bridgehead atoms. The van der Waals surface area contributed by atoms with Crippen LogP contribution in [-0.4, -0.2) is 10.7 Å². The number of hydrogen-bond donors (Lipinski definition) is 1. The lowest BCUT2D eigenvalue weighted by atomic mass is 9.61. The van der Waals surface area contributed by atoms with E-state index in [1.807, 2.05) is 13.8 Å². The summed E-state index contributed by atoms with van der Waals surface area (Å²) < 4.78 is 0. The third-order valence-corrected chi connectivity index (χ3v) is 4.87. The van der Waals surface area contributed by atoms with Gasteiger partial charge in [-0.05, 0) is 59.3 Å². The van der Waals surface area contributed by atoms with E-state index in [0.717, 1.165) is 19.3 Å². The molecule has 0 spiro atoms. The second-order valence-electron chi connectivity index (χ2n) is 6.91. The molecule has 0 fully saturated rings. The highest BCUT2D eigenvalue weighted by molar-refractivity contribution is 5.15. The quantitative estimate of drug-likeness (QED) is 0.706. The van der Waals surface area contributed by atoms with Crippen molar-refractivity contribution < 1.29 is 5.11 Å². The van der Waals surface area contributed by atoms with E-state index in [4.69, 9.17) is 0 Å². The van der Waals surface area contributed by atoms with E-state index in [9.17, 15) is 5.11 Å². The number of rotatable bonds is 4. The van der Waals surface area contributed by atoms with Crippen molar-refractivity contribution in [1.29, 1.82) is 0 Å². The van der Waals surface area contributed by atoms with Gasteiger partial charge in [-0.25, -0.2) is 0 Å². The Labute approximate surface area is 113 Å². The zero-order valence-electron chi connectivity index (χ0n) is 13.0. The Morgan fingerprint density at radius 3 is 2.56 bits per heavy atom. The van der Waals surface area contributed by atoms with E-state index in [1.54, 1.807) is 5.57 Å². The Hall–Kier alpha value is -0.560. The number of hydrogen-bond acceptors (Lipinski definition) is 1. The molecule has 18 heavy (non-hydrogen) atoms. The molecule has 0 aromatic heterocycles. The predicted octanol–water partition coefficient (Wildman–Crippen LogP) is 4.87. The second-order valence-corrected chi connectivity index (χ2v) is 6.91. The first-order valence-electron chi connectivity index (χ1n) is 7.22. The maximum atomic E-state index is 10.4. The molecule has 0 aromatic rings. The normalized spacial score (nSPS) is 28.8. The van der Waals surface area contributed by atoms with Gasteiger partial charge in [0.2, 0.25) is 0 Å². The molecule has 1 rings (SSSR count). The van der Waals surface area contributed by atoms with E-state index in [0.29, 0.717) is 5.92 Å². The Morgan fingerprint density at radius 1 is 1.50 bits per heavy atom. The summed E-state index contributed by atoms with van der Waals surface area (Å²) in [6, 6.07) is 0. The van der Waals surface area contributed by atoms with Crippen molar-refractivity contribution >= 4 is 0 Å². The fourth-order valence-corrected chi connectivity index (χ4v) is 2.89. The third kappa shape index (κ3) is 3.47. The first kappa shape index (κ1) is 15.5. The largest absolute Gasteiger partial charge is 0.390 e. The molecule has 0 aliphatic heterocycles. The van der Waals surface area contributed by atoms with Gasteiger partial charge in [-0.3, -0.25) is 0 Å². The smallest absolute Gasteiger partial charge is 0.0650 e. The van der Waals surface area contributed by atoms with Crippen molar-refractivity contribution in [2.45, 2.75) is 72.8 Å². The summed E-state index contributed by atoms with van der Waals surface area (Å²) in [7, 11) is 0. The van der Waals surface area contributed by atoms with E-state index in [1.165, 1.54) is 12.0 Å². The van der Waals surface area contributed by atoms with Gasteiger partial charge in [-0.15, -0.1) is 0 Å². The molecule has 104 valence electrons. The van der Waals surface area contributed by atoms with Gasteiger partial charge in [0, 0.05) is 5.41 Å². The number of allylic oxidation sites excluding steroid dienone is 4. The minimum absolute atomic E-state index is 0.00696. The van der Waals surface area contributed by atoms with Crippen LogP contribution in [-0.2, 0) is 0 Å². The van der Waals surface area contributed by atoms with E-state index >= 15 is 0 Å². The monoisotopic (exact) mass is 250 g/mol. The summed E-state index contributed by atoms with van der Waals surface area (Å²) in [6.45, 7) is 12.7. The lowest BCUT2D eigenvalue weighted by Gasteiger charge is -2.47. The van der Waals surface area contributed by atoms with Crippen molar-refractivity contribution in [2.75, 3.05) is 0 Å². The van der Waals surface area contributed by atoms with Crippen LogP contribution in [0.15, 0.2) is 23.3 Å². The Kier molecular flexibility index (Phi) is 4.83. The lowest BCUT2D eigenvalue weighted by Crippen LogP contribution is -2.46. The van der Waals surface area contributed by atoms with Crippen molar-refractivity contribution in [3.05, 3.63) is 23.3 Å². The average molecular weight is 250 g/mol. The molecule has 0 aromatic carbocycles. The van der Waals surface area contributed by atoms with Crippen LogP contribution in [0.3, 0.4) is 0 Å². The second kappa shape index (κ2) is 5.61. The molecule has 1 nitrogen and oxygen atoms in total. The molecule has 1 heteroatoms. The van der Waals surface area contributed by atoms with Gasteiger partial charge in [0.15, 0.2) is 0 Å². The SMILES string of the molecule is CC(C)=CCCC1=C[C@@H](C)[C@@](C)(C(C)(C)O)CC1. The summed E-state index contributed by atoms with van der Waals surface area (Å²) in [5, 5.41) is 10.4. The van der Waals surface area contributed by atoms with Crippen molar-refractivity contribution in [2.24, 2.45) is 11.3 Å². The van der Waals surface area contributed by atoms with Crippen LogP contribution in [0, 0.1) is 11.3 Å². The first-order valence-corrected chi connectivity index (χ1v) is 7.22. The lowest BCUT2D eigenvalue weighted by molar-refractivity contribution is -0.0740. The predicted molar refractivity (Wildman–Crippen MR) is 79.6 cm³/mol. The average Bonchev–Trinajstić information content (AvgIpc) is 2.21. The van der Waals surface area contributed by atoms with Gasteiger partial charge in [0.25, 0.3) is 0 Å². The minimum Gasteiger partial charge on any atom is -0.390 e. The highest BCUT2D eigenvalue weighted by atomic mass is 16.3. The molecule has 1 aliphatic rings. The van der Waals surface area contributed by atoms with Gasteiger partial charge in [0.05, 0.1) is 5.60 Å². The van der Waals surface area contributed by atoms with Crippen LogP contribution in [0.2, 0.25) is 0 Å².